The summed E-state index contributed by atoms with van der Waals surface area (Å²) in [6.45, 7) is 0.759. The van der Waals surface area contributed by atoms with E-state index in [1.807, 2.05) is 0 Å². The van der Waals surface area contributed by atoms with Gasteiger partial charge >= 0.3 is 0 Å². The molecule has 0 radical (unpaired) electrons. The fraction of sp³-hybridized carbons (Fsp3) is 0.571. The maximum absolute atomic E-state index is 11.9. The van der Waals surface area contributed by atoms with Crippen molar-refractivity contribution in [1.29, 1.82) is 0 Å². The van der Waals surface area contributed by atoms with Crippen LogP contribution in [0.2, 0.25) is 0 Å². The lowest BCUT2D eigenvalue weighted by molar-refractivity contribution is -0.131. The van der Waals surface area contributed by atoms with E-state index in [1.54, 1.807) is 30.3 Å². The van der Waals surface area contributed by atoms with Gasteiger partial charge in [0.25, 0.3) is 5.56 Å². The molecule has 1 amide bonds. The molecule has 1 fully saturated rings. The molecule has 1 aliphatic rings. The second-order valence-corrected chi connectivity index (χ2v) is 5.16. The predicted octanol–water partition coefficient (Wildman–Crippen LogP) is 0.468. The highest BCUT2D eigenvalue weighted by Gasteiger charge is 2.30. The van der Waals surface area contributed by atoms with Gasteiger partial charge in [-0.15, -0.1) is 0 Å². The number of hydrogen-bond donors (Lipinski definition) is 1. The fourth-order valence-corrected chi connectivity index (χ4v) is 2.06. The van der Waals surface area contributed by atoms with Gasteiger partial charge in [0.05, 0.1) is 6.10 Å². The summed E-state index contributed by atoms with van der Waals surface area (Å²) < 4.78 is 1.52. The molecule has 104 valence electrons. The maximum Gasteiger partial charge on any atom is 0.250 e. The van der Waals surface area contributed by atoms with E-state index in [-0.39, 0.29) is 17.9 Å². The van der Waals surface area contributed by atoms with Gasteiger partial charge in [-0.1, -0.05) is 6.07 Å². The minimum atomic E-state index is -0.409. The first-order valence-corrected chi connectivity index (χ1v) is 6.65. The number of carbonyl (C=O) groups excluding carboxylic acids is 1. The normalized spacial score (nSPS) is 16.1. The standard InChI is InChI=1S/C14H20N2O3/c1-15(10-12(17)11-5-6-11)13(18)7-9-16-8-3-2-4-14(16)19/h2-4,8,11-12,17H,5-7,9-10H2,1H3. The van der Waals surface area contributed by atoms with Gasteiger partial charge in [0, 0.05) is 38.8 Å². The van der Waals surface area contributed by atoms with Gasteiger partial charge in [-0.25, -0.2) is 0 Å². The Kier molecular flexibility index (Phi) is 4.37. The Labute approximate surface area is 112 Å². The van der Waals surface area contributed by atoms with Gasteiger partial charge in [0.1, 0.15) is 0 Å². The van der Waals surface area contributed by atoms with Gasteiger partial charge < -0.3 is 14.6 Å². The Morgan fingerprint density at radius 3 is 2.89 bits per heavy atom. The van der Waals surface area contributed by atoms with Crippen molar-refractivity contribution in [2.75, 3.05) is 13.6 Å². The molecule has 1 unspecified atom stereocenters. The van der Waals surface area contributed by atoms with Crippen molar-refractivity contribution >= 4 is 5.91 Å². The smallest absolute Gasteiger partial charge is 0.250 e. The second kappa shape index (κ2) is 6.02. The lowest BCUT2D eigenvalue weighted by Crippen LogP contribution is -2.36. The van der Waals surface area contributed by atoms with Crippen LogP contribution in [0, 0.1) is 5.92 Å². The third-order valence-corrected chi connectivity index (χ3v) is 3.52. The SMILES string of the molecule is CN(CC(O)C1CC1)C(=O)CCn1ccccc1=O. The van der Waals surface area contributed by atoms with E-state index in [1.165, 1.54) is 10.6 Å². The zero-order chi connectivity index (χ0) is 13.8. The summed E-state index contributed by atoms with van der Waals surface area (Å²) in [4.78, 5) is 24.9. The van der Waals surface area contributed by atoms with Crippen molar-refractivity contribution in [3.8, 4) is 0 Å². The summed E-state index contributed by atoms with van der Waals surface area (Å²) in [5, 5.41) is 9.79. The number of aryl methyl sites for hydroxylation is 1. The minimum Gasteiger partial charge on any atom is -0.391 e. The van der Waals surface area contributed by atoms with Crippen LogP contribution in [-0.2, 0) is 11.3 Å². The topological polar surface area (TPSA) is 62.5 Å². The molecular formula is C14H20N2O3. The number of aliphatic hydroxyl groups is 1. The minimum absolute atomic E-state index is 0.0459. The zero-order valence-electron chi connectivity index (χ0n) is 11.2. The quantitative estimate of drug-likeness (QED) is 0.812. The molecule has 2 rings (SSSR count). The highest BCUT2D eigenvalue weighted by molar-refractivity contribution is 5.75. The van der Waals surface area contributed by atoms with Crippen LogP contribution in [0.25, 0.3) is 0 Å². The molecule has 19 heavy (non-hydrogen) atoms. The number of amides is 1. The van der Waals surface area contributed by atoms with Crippen LogP contribution < -0.4 is 5.56 Å². The molecule has 5 nitrogen and oxygen atoms in total. The van der Waals surface area contributed by atoms with Crippen molar-refractivity contribution in [3.05, 3.63) is 34.7 Å². The first-order valence-electron chi connectivity index (χ1n) is 6.65. The van der Waals surface area contributed by atoms with Gasteiger partial charge in [0.2, 0.25) is 5.91 Å². The average molecular weight is 264 g/mol. The maximum atomic E-state index is 11.9. The van der Waals surface area contributed by atoms with E-state index < -0.39 is 6.10 Å². The number of likely N-dealkylation sites (N-methyl/N-ethyl adjacent to an activating group) is 1. The van der Waals surface area contributed by atoms with E-state index in [0.29, 0.717) is 19.0 Å². The molecule has 1 aliphatic carbocycles. The lowest BCUT2D eigenvalue weighted by Gasteiger charge is -2.20. The Morgan fingerprint density at radius 2 is 2.26 bits per heavy atom. The van der Waals surface area contributed by atoms with Crippen LogP contribution in [0.3, 0.4) is 0 Å². The summed E-state index contributed by atoms with van der Waals surface area (Å²) in [7, 11) is 1.70. The van der Waals surface area contributed by atoms with Crippen molar-refractivity contribution in [1.82, 2.24) is 9.47 Å². The van der Waals surface area contributed by atoms with Gasteiger partial charge in [-0.2, -0.15) is 0 Å². The van der Waals surface area contributed by atoms with Crippen molar-refractivity contribution in [2.24, 2.45) is 5.92 Å². The first kappa shape index (κ1) is 13.8. The van der Waals surface area contributed by atoms with Gasteiger partial charge in [0.15, 0.2) is 0 Å². The lowest BCUT2D eigenvalue weighted by atomic mass is 10.2. The largest absolute Gasteiger partial charge is 0.391 e. The van der Waals surface area contributed by atoms with E-state index >= 15 is 0 Å². The zero-order valence-corrected chi connectivity index (χ0v) is 11.2. The molecule has 1 saturated carbocycles. The fourth-order valence-electron chi connectivity index (χ4n) is 2.06. The Morgan fingerprint density at radius 1 is 1.53 bits per heavy atom. The number of aromatic nitrogens is 1. The number of carbonyl (C=O) groups is 1. The molecule has 0 aromatic carbocycles. The van der Waals surface area contributed by atoms with Crippen molar-refractivity contribution < 1.29 is 9.90 Å². The number of aliphatic hydroxyl groups excluding tert-OH is 1. The van der Waals surface area contributed by atoms with E-state index in [4.69, 9.17) is 0 Å². The number of rotatable bonds is 6. The van der Waals surface area contributed by atoms with Crippen LogP contribution in [-0.4, -0.2) is 40.2 Å². The molecule has 1 aromatic rings. The van der Waals surface area contributed by atoms with Crippen LogP contribution in [0.4, 0.5) is 0 Å². The number of pyridine rings is 1. The molecule has 5 heteroatoms. The molecule has 1 aromatic heterocycles. The molecule has 1 N–H and O–H groups in total. The molecule has 1 atom stereocenters. The third kappa shape index (κ3) is 3.92. The van der Waals surface area contributed by atoms with Crippen LogP contribution in [0.1, 0.15) is 19.3 Å². The van der Waals surface area contributed by atoms with Crippen LogP contribution >= 0.6 is 0 Å². The summed E-state index contributed by atoms with van der Waals surface area (Å²) in [5.74, 6) is 0.322. The Bertz CT molecular complexity index is 493. The van der Waals surface area contributed by atoms with Crippen LogP contribution in [0.5, 0.6) is 0 Å². The molecule has 1 heterocycles. The van der Waals surface area contributed by atoms with Gasteiger partial charge in [-0.05, 0) is 24.8 Å². The van der Waals surface area contributed by atoms with Crippen molar-refractivity contribution in [3.63, 3.8) is 0 Å². The molecule has 0 bridgehead atoms. The van der Waals surface area contributed by atoms with Crippen molar-refractivity contribution in [2.45, 2.75) is 31.9 Å². The summed E-state index contributed by atoms with van der Waals surface area (Å²) >= 11 is 0. The number of nitrogens with zero attached hydrogens (tertiary/aromatic N) is 2. The molecule has 0 aliphatic heterocycles. The first-order chi connectivity index (χ1) is 9.08. The van der Waals surface area contributed by atoms with E-state index in [9.17, 15) is 14.7 Å². The average Bonchev–Trinajstić information content (AvgIpc) is 3.21. The summed E-state index contributed by atoms with van der Waals surface area (Å²) in [6, 6.07) is 4.93. The third-order valence-electron chi connectivity index (χ3n) is 3.52. The molecule has 0 saturated heterocycles. The summed E-state index contributed by atoms with van der Waals surface area (Å²) in [6.07, 6.45) is 3.66. The summed E-state index contributed by atoms with van der Waals surface area (Å²) in [5.41, 5.74) is -0.101. The highest BCUT2D eigenvalue weighted by atomic mass is 16.3. The second-order valence-electron chi connectivity index (χ2n) is 5.16. The number of hydrogen-bond acceptors (Lipinski definition) is 3. The van der Waals surface area contributed by atoms with Crippen LogP contribution in [0.15, 0.2) is 29.2 Å². The molecular weight excluding hydrogens is 244 g/mol. The Hall–Kier alpha value is -1.62. The Balaban J connectivity index is 1.80. The van der Waals surface area contributed by atoms with E-state index in [0.717, 1.165) is 12.8 Å². The monoisotopic (exact) mass is 264 g/mol. The predicted molar refractivity (Wildman–Crippen MR) is 71.7 cm³/mol. The highest BCUT2D eigenvalue weighted by Crippen LogP contribution is 2.32. The van der Waals surface area contributed by atoms with E-state index in [2.05, 4.69) is 0 Å². The van der Waals surface area contributed by atoms with Gasteiger partial charge in [-0.3, -0.25) is 9.59 Å². The molecule has 0 spiro atoms.